The molecule has 2 amide bonds. The molecule has 0 aromatic carbocycles. The summed E-state index contributed by atoms with van der Waals surface area (Å²) >= 11 is 0. The number of ether oxygens (including phenoxy) is 2. The molecular formula is C20H27N5O3. The highest BCUT2D eigenvalue weighted by molar-refractivity contribution is 5.88. The summed E-state index contributed by atoms with van der Waals surface area (Å²) in [6, 6.07) is 7.17. The van der Waals surface area contributed by atoms with E-state index in [4.69, 9.17) is 9.47 Å². The molecule has 1 fully saturated rings. The van der Waals surface area contributed by atoms with Crippen molar-refractivity contribution in [2.75, 3.05) is 43.6 Å². The summed E-state index contributed by atoms with van der Waals surface area (Å²) in [5, 5.41) is 5.57. The van der Waals surface area contributed by atoms with Crippen LogP contribution < -0.4 is 20.3 Å². The standard InChI is InChI=1S/C20H27N5O3/c1-27-11-12-28-19-8-6-17(15-22-19)24-20(26)23-14-16-5-7-18(21-13-16)25-9-3-2-4-10-25/h5-8,13,15H,2-4,9-12,14H2,1H3,(H2,23,24,26). The third kappa shape index (κ3) is 6.09. The number of pyridine rings is 2. The van der Waals surface area contributed by atoms with Crippen LogP contribution in [0.3, 0.4) is 0 Å². The zero-order valence-electron chi connectivity index (χ0n) is 16.2. The summed E-state index contributed by atoms with van der Waals surface area (Å²) in [5.41, 5.74) is 1.55. The maximum atomic E-state index is 12.1. The molecule has 1 aliphatic rings. The molecule has 0 saturated carbocycles. The van der Waals surface area contributed by atoms with Crippen LogP contribution in [-0.2, 0) is 11.3 Å². The molecule has 1 aliphatic heterocycles. The van der Waals surface area contributed by atoms with Gasteiger partial charge in [-0.25, -0.2) is 14.8 Å². The Balaban J connectivity index is 1.42. The molecule has 0 bridgehead atoms. The van der Waals surface area contributed by atoms with Crippen LogP contribution in [0.4, 0.5) is 16.3 Å². The molecule has 2 aromatic rings. The summed E-state index contributed by atoms with van der Waals surface area (Å²) in [6.07, 6.45) is 7.11. The molecule has 2 aromatic heterocycles. The van der Waals surface area contributed by atoms with E-state index in [0.717, 1.165) is 24.5 Å². The highest BCUT2D eigenvalue weighted by Crippen LogP contribution is 2.17. The van der Waals surface area contributed by atoms with Crippen LogP contribution in [0.25, 0.3) is 0 Å². The zero-order valence-corrected chi connectivity index (χ0v) is 16.2. The molecule has 2 N–H and O–H groups in total. The first kappa shape index (κ1) is 19.9. The molecule has 0 radical (unpaired) electrons. The van der Waals surface area contributed by atoms with Gasteiger partial charge in [-0.05, 0) is 37.0 Å². The fraction of sp³-hybridized carbons (Fsp3) is 0.450. The first-order valence-electron chi connectivity index (χ1n) is 9.57. The smallest absolute Gasteiger partial charge is 0.319 e. The Morgan fingerprint density at radius 3 is 2.61 bits per heavy atom. The molecule has 8 nitrogen and oxygen atoms in total. The predicted octanol–water partition coefficient (Wildman–Crippen LogP) is 2.81. The van der Waals surface area contributed by atoms with Crippen LogP contribution >= 0.6 is 0 Å². The third-order valence-corrected chi connectivity index (χ3v) is 4.47. The van der Waals surface area contributed by atoms with E-state index < -0.39 is 0 Å². The number of rotatable bonds is 8. The summed E-state index contributed by atoms with van der Waals surface area (Å²) in [7, 11) is 1.61. The number of carbonyl (C=O) groups excluding carboxylic acids is 1. The molecule has 1 saturated heterocycles. The Kier molecular flexibility index (Phi) is 7.43. The van der Waals surface area contributed by atoms with Gasteiger partial charge < -0.3 is 25.0 Å². The molecule has 0 unspecified atom stereocenters. The minimum Gasteiger partial charge on any atom is -0.475 e. The van der Waals surface area contributed by atoms with Crippen molar-refractivity contribution in [2.24, 2.45) is 0 Å². The molecule has 150 valence electrons. The fourth-order valence-corrected chi connectivity index (χ4v) is 2.96. The average molecular weight is 385 g/mol. The van der Waals surface area contributed by atoms with Gasteiger partial charge in [-0.15, -0.1) is 0 Å². The fourth-order valence-electron chi connectivity index (χ4n) is 2.96. The second-order valence-electron chi connectivity index (χ2n) is 6.61. The first-order valence-corrected chi connectivity index (χ1v) is 9.57. The van der Waals surface area contributed by atoms with E-state index in [1.54, 1.807) is 25.4 Å². The molecule has 3 rings (SSSR count). The Morgan fingerprint density at radius 1 is 1.07 bits per heavy atom. The van der Waals surface area contributed by atoms with Gasteiger partial charge in [0, 0.05) is 39.0 Å². The van der Waals surface area contributed by atoms with E-state index in [1.807, 2.05) is 18.3 Å². The van der Waals surface area contributed by atoms with E-state index >= 15 is 0 Å². The van der Waals surface area contributed by atoms with Gasteiger partial charge in [0.25, 0.3) is 0 Å². The molecular weight excluding hydrogens is 358 g/mol. The van der Waals surface area contributed by atoms with Gasteiger partial charge in [0.05, 0.1) is 18.5 Å². The highest BCUT2D eigenvalue weighted by atomic mass is 16.5. The van der Waals surface area contributed by atoms with Crippen LogP contribution in [-0.4, -0.2) is 49.4 Å². The number of nitrogens with one attached hydrogen (secondary N) is 2. The number of nitrogens with zero attached hydrogens (tertiary/aromatic N) is 3. The Morgan fingerprint density at radius 2 is 1.93 bits per heavy atom. The molecule has 0 atom stereocenters. The lowest BCUT2D eigenvalue weighted by atomic mass is 10.1. The van der Waals surface area contributed by atoms with Crippen LogP contribution in [0.1, 0.15) is 24.8 Å². The normalized spacial score (nSPS) is 13.8. The number of piperidine rings is 1. The summed E-state index contributed by atoms with van der Waals surface area (Å²) < 4.78 is 10.3. The van der Waals surface area contributed by atoms with Crippen LogP contribution in [0.5, 0.6) is 5.88 Å². The zero-order chi connectivity index (χ0) is 19.6. The largest absolute Gasteiger partial charge is 0.475 e. The van der Waals surface area contributed by atoms with E-state index in [1.165, 1.54) is 19.3 Å². The van der Waals surface area contributed by atoms with Crippen molar-refractivity contribution in [1.82, 2.24) is 15.3 Å². The molecule has 28 heavy (non-hydrogen) atoms. The van der Waals surface area contributed by atoms with E-state index in [2.05, 4.69) is 25.5 Å². The van der Waals surface area contributed by atoms with Crippen molar-refractivity contribution in [3.05, 3.63) is 42.2 Å². The Bertz CT molecular complexity index is 731. The number of anilines is 2. The number of hydrogen-bond donors (Lipinski definition) is 2. The highest BCUT2D eigenvalue weighted by Gasteiger charge is 2.11. The maximum Gasteiger partial charge on any atom is 0.319 e. The average Bonchev–Trinajstić information content (AvgIpc) is 2.75. The van der Waals surface area contributed by atoms with Crippen molar-refractivity contribution in [1.29, 1.82) is 0 Å². The van der Waals surface area contributed by atoms with E-state index in [0.29, 0.717) is 31.3 Å². The van der Waals surface area contributed by atoms with Gasteiger partial charge in [0.2, 0.25) is 5.88 Å². The lowest BCUT2D eigenvalue weighted by Crippen LogP contribution is -2.30. The minimum atomic E-state index is -0.296. The molecule has 0 spiro atoms. The second-order valence-corrected chi connectivity index (χ2v) is 6.61. The third-order valence-electron chi connectivity index (χ3n) is 4.47. The van der Waals surface area contributed by atoms with Gasteiger partial charge in [-0.1, -0.05) is 6.07 Å². The predicted molar refractivity (Wildman–Crippen MR) is 108 cm³/mol. The van der Waals surface area contributed by atoms with Gasteiger partial charge in [-0.2, -0.15) is 0 Å². The summed E-state index contributed by atoms with van der Waals surface area (Å²) in [5.74, 6) is 1.50. The van der Waals surface area contributed by atoms with Crippen LogP contribution in [0.15, 0.2) is 36.7 Å². The molecule has 8 heteroatoms. The number of amides is 2. The number of aromatic nitrogens is 2. The van der Waals surface area contributed by atoms with E-state index in [9.17, 15) is 4.79 Å². The number of carbonyl (C=O) groups is 1. The SMILES string of the molecule is COCCOc1ccc(NC(=O)NCc2ccc(N3CCCCC3)nc2)cn1. The van der Waals surface area contributed by atoms with Gasteiger partial charge in [0.1, 0.15) is 12.4 Å². The van der Waals surface area contributed by atoms with Crippen molar-refractivity contribution in [2.45, 2.75) is 25.8 Å². The van der Waals surface area contributed by atoms with Gasteiger partial charge >= 0.3 is 6.03 Å². The summed E-state index contributed by atoms with van der Waals surface area (Å²) in [6.45, 7) is 3.47. The topological polar surface area (TPSA) is 88.6 Å². The molecule has 0 aliphatic carbocycles. The van der Waals surface area contributed by atoms with Gasteiger partial charge in [0.15, 0.2) is 0 Å². The summed E-state index contributed by atoms with van der Waals surface area (Å²) in [4.78, 5) is 23.0. The first-order chi connectivity index (χ1) is 13.7. The van der Waals surface area contributed by atoms with Crippen molar-refractivity contribution >= 4 is 17.5 Å². The second kappa shape index (κ2) is 10.5. The van der Waals surface area contributed by atoms with Crippen LogP contribution in [0, 0.1) is 0 Å². The monoisotopic (exact) mass is 385 g/mol. The quantitative estimate of drug-likeness (QED) is 0.680. The number of urea groups is 1. The van der Waals surface area contributed by atoms with Crippen molar-refractivity contribution in [3.63, 3.8) is 0 Å². The maximum absolute atomic E-state index is 12.1. The van der Waals surface area contributed by atoms with Crippen molar-refractivity contribution < 1.29 is 14.3 Å². The van der Waals surface area contributed by atoms with Crippen LogP contribution in [0.2, 0.25) is 0 Å². The van der Waals surface area contributed by atoms with Gasteiger partial charge in [-0.3, -0.25) is 0 Å². The lowest BCUT2D eigenvalue weighted by molar-refractivity contribution is 0.144. The minimum absolute atomic E-state index is 0.296. The lowest BCUT2D eigenvalue weighted by Gasteiger charge is -2.27. The Labute approximate surface area is 165 Å². The number of methoxy groups -OCH3 is 1. The Hall–Kier alpha value is -2.87. The van der Waals surface area contributed by atoms with Crippen molar-refractivity contribution in [3.8, 4) is 5.88 Å². The van der Waals surface area contributed by atoms with E-state index in [-0.39, 0.29) is 6.03 Å². The number of hydrogen-bond acceptors (Lipinski definition) is 6. The molecule has 3 heterocycles.